The van der Waals surface area contributed by atoms with E-state index in [0.717, 1.165) is 23.2 Å². The highest BCUT2D eigenvalue weighted by atomic mass is 79.9. The van der Waals surface area contributed by atoms with Gasteiger partial charge in [0.2, 0.25) is 0 Å². The van der Waals surface area contributed by atoms with Crippen LogP contribution in [0.15, 0.2) is 22.7 Å². The summed E-state index contributed by atoms with van der Waals surface area (Å²) in [5, 5.41) is 11.8. The van der Waals surface area contributed by atoms with Gasteiger partial charge in [-0.3, -0.25) is 4.79 Å². The lowest BCUT2D eigenvalue weighted by Gasteiger charge is -2.09. The smallest absolute Gasteiger partial charge is 0.320 e. The van der Waals surface area contributed by atoms with Gasteiger partial charge in [0.1, 0.15) is 11.8 Å². The molecule has 0 spiro atoms. The van der Waals surface area contributed by atoms with Gasteiger partial charge in [0.25, 0.3) is 0 Å². The second-order valence-electron chi connectivity index (χ2n) is 4.20. The Bertz CT molecular complexity index is 426. The van der Waals surface area contributed by atoms with E-state index in [2.05, 4.69) is 21.2 Å². The van der Waals surface area contributed by atoms with Crippen molar-refractivity contribution in [3.63, 3.8) is 0 Å². The van der Waals surface area contributed by atoms with Crippen LogP contribution in [0.1, 0.15) is 12.0 Å². The number of methoxy groups -OCH3 is 1. The fourth-order valence-corrected chi connectivity index (χ4v) is 2.19. The van der Waals surface area contributed by atoms with E-state index < -0.39 is 12.0 Å². The van der Waals surface area contributed by atoms with Crippen LogP contribution < -0.4 is 15.8 Å². The number of nitrogens with one attached hydrogen (secondary N) is 1. The van der Waals surface area contributed by atoms with E-state index in [-0.39, 0.29) is 0 Å². The van der Waals surface area contributed by atoms with Crippen molar-refractivity contribution < 1.29 is 14.6 Å². The molecule has 0 aromatic heterocycles. The van der Waals surface area contributed by atoms with E-state index in [9.17, 15) is 4.79 Å². The summed E-state index contributed by atoms with van der Waals surface area (Å²) in [4.78, 5) is 10.5. The standard InChI is InChI=1S/C13H19BrN2O3/c1-19-12-3-2-9(8-10(12)14)4-6-16-7-5-11(15)13(17)18/h2-3,8,11,16H,4-7,15H2,1H3,(H,17,18). The second kappa shape index (κ2) is 8.14. The van der Waals surface area contributed by atoms with Crippen molar-refractivity contribution in [2.75, 3.05) is 20.2 Å². The first-order chi connectivity index (χ1) is 9.04. The van der Waals surface area contributed by atoms with Gasteiger partial charge in [-0.1, -0.05) is 6.07 Å². The van der Waals surface area contributed by atoms with E-state index >= 15 is 0 Å². The topological polar surface area (TPSA) is 84.6 Å². The number of rotatable bonds is 8. The number of hydrogen-bond acceptors (Lipinski definition) is 4. The van der Waals surface area contributed by atoms with Gasteiger partial charge in [0, 0.05) is 0 Å². The van der Waals surface area contributed by atoms with Crippen LogP contribution in [0.2, 0.25) is 0 Å². The summed E-state index contributed by atoms with van der Waals surface area (Å²) >= 11 is 3.44. The minimum Gasteiger partial charge on any atom is -0.496 e. The van der Waals surface area contributed by atoms with Gasteiger partial charge in [-0.2, -0.15) is 0 Å². The number of aliphatic carboxylic acids is 1. The van der Waals surface area contributed by atoms with Crippen LogP contribution in [0.25, 0.3) is 0 Å². The molecule has 0 bridgehead atoms. The average molecular weight is 331 g/mol. The molecule has 5 nitrogen and oxygen atoms in total. The normalized spacial score (nSPS) is 12.2. The Morgan fingerprint density at radius 2 is 2.26 bits per heavy atom. The van der Waals surface area contributed by atoms with Gasteiger partial charge in [0.15, 0.2) is 0 Å². The van der Waals surface area contributed by atoms with Crippen LogP contribution in [0.4, 0.5) is 0 Å². The van der Waals surface area contributed by atoms with Crippen molar-refractivity contribution in [1.82, 2.24) is 5.32 Å². The minimum atomic E-state index is -0.958. The first-order valence-corrected chi connectivity index (χ1v) is 6.85. The maximum Gasteiger partial charge on any atom is 0.320 e. The number of benzene rings is 1. The molecule has 1 unspecified atom stereocenters. The first kappa shape index (κ1) is 15.9. The lowest BCUT2D eigenvalue weighted by Crippen LogP contribution is -2.34. The summed E-state index contributed by atoms with van der Waals surface area (Å²) in [6, 6.07) is 5.15. The summed E-state index contributed by atoms with van der Waals surface area (Å²) in [6.45, 7) is 1.38. The van der Waals surface area contributed by atoms with Crippen LogP contribution >= 0.6 is 15.9 Å². The summed E-state index contributed by atoms with van der Waals surface area (Å²) in [7, 11) is 1.63. The summed E-state index contributed by atoms with van der Waals surface area (Å²) < 4.78 is 6.09. The lowest BCUT2D eigenvalue weighted by atomic mass is 10.1. The quantitative estimate of drug-likeness (QED) is 0.627. The zero-order valence-electron chi connectivity index (χ0n) is 10.9. The van der Waals surface area contributed by atoms with Crippen LogP contribution in [-0.2, 0) is 11.2 Å². The number of carboxylic acids is 1. The van der Waals surface area contributed by atoms with E-state index in [4.69, 9.17) is 15.6 Å². The fraction of sp³-hybridized carbons (Fsp3) is 0.462. The molecule has 0 heterocycles. The summed E-state index contributed by atoms with van der Waals surface area (Å²) in [5.74, 6) is -0.148. The number of carbonyl (C=O) groups is 1. The molecule has 0 aliphatic carbocycles. The Morgan fingerprint density at radius 3 is 2.84 bits per heavy atom. The molecule has 4 N–H and O–H groups in total. The van der Waals surface area contributed by atoms with Gasteiger partial charge in [-0.25, -0.2) is 0 Å². The number of ether oxygens (including phenoxy) is 1. The Hall–Kier alpha value is -1.11. The monoisotopic (exact) mass is 330 g/mol. The largest absolute Gasteiger partial charge is 0.496 e. The second-order valence-corrected chi connectivity index (χ2v) is 5.06. The molecule has 1 atom stereocenters. The van der Waals surface area contributed by atoms with E-state index in [1.807, 2.05) is 18.2 Å². The van der Waals surface area contributed by atoms with Gasteiger partial charge >= 0.3 is 5.97 Å². The summed E-state index contributed by atoms with van der Waals surface area (Å²) in [5.41, 5.74) is 6.59. The molecule has 1 aromatic rings. The molecule has 6 heteroatoms. The summed E-state index contributed by atoms with van der Waals surface area (Å²) in [6.07, 6.45) is 1.30. The molecular formula is C13H19BrN2O3. The predicted molar refractivity (Wildman–Crippen MR) is 77.5 cm³/mol. The Balaban J connectivity index is 2.26. The van der Waals surface area contributed by atoms with Crippen LogP contribution in [-0.4, -0.2) is 37.3 Å². The maximum atomic E-state index is 10.5. The number of carboxylic acid groups (broad SMARTS) is 1. The average Bonchev–Trinajstić information content (AvgIpc) is 2.38. The van der Waals surface area contributed by atoms with Crippen molar-refractivity contribution in [1.29, 1.82) is 0 Å². The maximum absolute atomic E-state index is 10.5. The molecule has 0 saturated heterocycles. The van der Waals surface area contributed by atoms with E-state index in [1.165, 1.54) is 5.56 Å². The van der Waals surface area contributed by atoms with Crippen molar-refractivity contribution >= 4 is 21.9 Å². The molecule has 0 saturated carbocycles. The highest BCUT2D eigenvalue weighted by Crippen LogP contribution is 2.25. The van der Waals surface area contributed by atoms with Gasteiger partial charge in [-0.05, 0) is 59.6 Å². The Kier molecular flexibility index (Phi) is 6.83. The molecule has 1 rings (SSSR count). The molecule has 19 heavy (non-hydrogen) atoms. The van der Waals surface area contributed by atoms with Crippen LogP contribution in [0.5, 0.6) is 5.75 Å². The Labute approximate surface area is 121 Å². The van der Waals surface area contributed by atoms with Crippen molar-refractivity contribution in [2.24, 2.45) is 5.73 Å². The van der Waals surface area contributed by atoms with E-state index in [0.29, 0.717) is 13.0 Å². The SMILES string of the molecule is COc1ccc(CCNCCC(N)C(=O)O)cc1Br. The molecule has 0 fully saturated rings. The van der Waals surface area contributed by atoms with E-state index in [1.54, 1.807) is 7.11 Å². The molecule has 0 aliphatic heterocycles. The first-order valence-electron chi connectivity index (χ1n) is 6.06. The van der Waals surface area contributed by atoms with Gasteiger partial charge in [-0.15, -0.1) is 0 Å². The van der Waals surface area contributed by atoms with Crippen LogP contribution in [0, 0.1) is 0 Å². The fourth-order valence-electron chi connectivity index (χ4n) is 1.60. The molecular weight excluding hydrogens is 312 g/mol. The third-order valence-corrected chi connectivity index (χ3v) is 3.38. The number of nitrogens with two attached hydrogens (primary N) is 1. The third kappa shape index (κ3) is 5.59. The molecule has 106 valence electrons. The highest BCUT2D eigenvalue weighted by Gasteiger charge is 2.09. The number of hydrogen-bond donors (Lipinski definition) is 3. The molecule has 1 aromatic carbocycles. The van der Waals surface area contributed by atoms with Crippen molar-refractivity contribution in [3.05, 3.63) is 28.2 Å². The molecule has 0 radical (unpaired) electrons. The van der Waals surface area contributed by atoms with Crippen molar-refractivity contribution in [2.45, 2.75) is 18.9 Å². The zero-order valence-corrected chi connectivity index (χ0v) is 12.4. The Morgan fingerprint density at radius 1 is 1.53 bits per heavy atom. The molecule has 0 amide bonds. The lowest BCUT2D eigenvalue weighted by molar-refractivity contribution is -0.138. The molecule has 0 aliphatic rings. The predicted octanol–water partition coefficient (Wildman–Crippen LogP) is 1.39. The van der Waals surface area contributed by atoms with Gasteiger partial charge < -0.3 is 20.9 Å². The van der Waals surface area contributed by atoms with Gasteiger partial charge in [0.05, 0.1) is 11.6 Å². The zero-order chi connectivity index (χ0) is 14.3. The number of halogens is 1. The highest BCUT2D eigenvalue weighted by molar-refractivity contribution is 9.10. The van der Waals surface area contributed by atoms with Crippen molar-refractivity contribution in [3.8, 4) is 5.75 Å². The minimum absolute atomic E-state index is 0.432. The third-order valence-electron chi connectivity index (χ3n) is 2.76. The van der Waals surface area contributed by atoms with Crippen LogP contribution in [0.3, 0.4) is 0 Å².